The van der Waals surface area contributed by atoms with Gasteiger partial charge >= 0.3 is 0 Å². The van der Waals surface area contributed by atoms with Gasteiger partial charge in [-0.05, 0) is 37.6 Å². The van der Waals surface area contributed by atoms with Crippen molar-refractivity contribution >= 4 is 31.9 Å². The lowest BCUT2D eigenvalue weighted by atomic mass is 10.2. The molecule has 1 heterocycles. The largest absolute Gasteiger partial charge is 0.353 e. The maximum atomic E-state index is 12.6. The minimum atomic E-state index is -3.47. The van der Waals surface area contributed by atoms with E-state index in [1.807, 2.05) is 18.7 Å². The molecule has 1 aromatic rings. The van der Waals surface area contributed by atoms with Crippen LogP contribution in [0.4, 0.5) is 0 Å². The Hall–Kier alpha value is -0.960. The Morgan fingerprint density at radius 1 is 1.21 bits per heavy atom. The number of hydrogen-bond donors (Lipinski definition) is 1. The van der Waals surface area contributed by atoms with Gasteiger partial charge in [0, 0.05) is 36.7 Å². The first kappa shape index (κ1) is 19.4. The molecule has 8 heteroatoms. The second-order valence-electron chi connectivity index (χ2n) is 6.01. The molecule has 0 unspecified atom stereocenters. The highest BCUT2D eigenvalue weighted by atomic mass is 79.9. The summed E-state index contributed by atoms with van der Waals surface area (Å²) in [5.74, 6) is -0.00596. The van der Waals surface area contributed by atoms with Gasteiger partial charge in [-0.1, -0.05) is 22.9 Å². The van der Waals surface area contributed by atoms with Gasteiger partial charge < -0.3 is 5.32 Å². The van der Waals surface area contributed by atoms with Gasteiger partial charge in [0.05, 0.1) is 11.4 Å². The van der Waals surface area contributed by atoms with Gasteiger partial charge in [0.1, 0.15) is 0 Å². The van der Waals surface area contributed by atoms with E-state index in [0.29, 0.717) is 37.6 Å². The predicted octanol–water partition coefficient (Wildman–Crippen LogP) is 1.67. The van der Waals surface area contributed by atoms with Crippen LogP contribution in [-0.4, -0.2) is 62.3 Å². The molecule has 0 saturated carbocycles. The minimum absolute atomic E-state index is 0.00596. The number of carbonyl (C=O) groups excluding carboxylic acids is 1. The summed E-state index contributed by atoms with van der Waals surface area (Å²) < 4.78 is 27.6. The molecule has 1 aliphatic rings. The van der Waals surface area contributed by atoms with Crippen LogP contribution in [0.25, 0.3) is 0 Å². The van der Waals surface area contributed by atoms with E-state index in [4.69, 9.17) is 0 Å². The molecule has 1 atom stereocenters. The molecule has 24 heavy (non-hydrogen) atoms. The third kappa shape index (κ3) is 5.02. The molecule has 0 spiro atoms. The average Bonchev–Trinajstić information content (AvgIpc) is 2.55. The number of halogens is 1. The zero-order valence-corrected chi connectivity index (χ0v) is 16.4. The number of amides is 1. The highest BCUT2D eigenvalue weighted by Crippen LogP contribution is 2.20. The number of rotatable bonds is 6. The monoisotopic (exact) mass is 417 g/mol. The molecule has 0 radical (unpaired) electrons. The van der Waals surface area contributed by atoms with E-state index in [9.17, 15) is 13.2 Å². The van der Waals surface area contributed by atoms with Crippen LogP contribution >= 0.6 is 15.9 Å². The molecule has 1 saturated heterocycles. The van der Waals surface area contributed by atoms with Gasteiger partial charge in [-0.25, -0.2) is 8.42 Å². The molecule has 1 fully saturated rings. The summed E-state index contributed by atoms with van der Waals surface area (Å²) in [5.41, 5.74) is 0. The quantitative estimate of drug-likeness (QED) is 0.763. The Labute approximate surface area is 152 Å². The SMILES string of the molecule is CC[C@@H](C)NC(=O)CN1CCN(S(=O)(=O)c2ccc(Br)cc2)CC1. The molecule has 1 aliphatic heterocycles. The van der Waals surface area contributed by atoms with Crippen molar-refractivity contribution in [2.75, 3.05) is 32.7 Å². The van der Waals surface area contributed by atoms with Gasteiger partial charge in [-0.3, -0.25) is 9.69 Å². The molecule has 1 amide bonds. The van der Waals surface area contributed by atoms with Crippen molar-refractivity contribution in [3.63, 3.8) is 0 Å². The average molecular weight is 418 g/mol. The number of benzene rings is 1. The normalized spacial score (nSPS) is 18.3. The molecule has 1 N–H and O–H groups in total. The van der Waals surface area contributed by atoms with E-state index in [1.54, 1.807) is 24.3 Å². The van der Waals surface area contributed by atoms with Crippen molar-refractivity contribution in [1.29, 1.82) is 0 Å². The minimum Gasteiger partial charge on any atom is -0.353 e. The number of piperazine rings is 1. The van der Waals surface area contributed by atoms with E-state index in [-0.39, 0.29) is 11.9 Å². The van der Waals surface area contributed by atoms with E-state index >= 15 is 0 Å². The Morgan fingerprint density at radius 3 is 2.33 bits per heavy atom. The van der Waals surface area contributed by atoms with Crippen LogP contribution in [0.2, 0.25) is 0 Å². The van der Waals surface area contributed by atoms with Crippen LogP contribution in [0.1, 0.15) is 20.3 Å². The van der Waals surface area contributed by atoms with Crippen molar-refractivity contribution in [3.05, 3.63) is 28.7 Å². The molecule has 2 rings (SSSR count). The lowest BCUT2D eigenvalue weighted by molar-refractivity contribution is -0.123. The molecular weight excluding hydrogens is 394 g/mol. The number of hydrogen-bond acceptors (Lipinski definition) is 4. The topological polar surface area (TPSA) is 69.7 Å². The second kappa shape index (κ2) is 8.42. The van der Waals surface area contributed by atoms with Gasteiger partial charge in [0.2, 0.25) is 15.9 Å². The van der Waals surface area contributed by atoms with Crippen molar-refractivity contribution in [1.82, 2.24) is 14.5 Å². The fraction of sp³-hybridized carbons (Fsp3) is 0.562. The smallest absolute Gasteiger partial charge is 0.243 e. The maximum Gasteiger partial charge on any atom is 0.243 e. The lowest BCUT2D eigenvalue weighted by Crippen LogP contribution is -2.51. The summed E-state index contributed by atoms with van der Waals surface area (Å²) in [7, 11) is -3.47. The summed E-state index contributed by atoms with van der Waals surface area (Å²) in [6, 6.07) is 6.82. The molecule has 0 aromatic heterocycles. The fourth-order valence-corrected chi connectivity index (χ4v) is 4.20. The van der Waals surface area contributed by atoms with E-state index in [2.05, 4.69) is 21.2 Å². The van der Waals surface area contributed by atoms with Crippen LogP contribution in [0.5, 0.6) is 0 Å². The molecule has 0 bridgehead atoms. The zero-order chi connectivity index (χ0) is 17.7. The first-order valence-corrected chi connectivity index (χ1v) is 10.3. The summed E-state index contributed by atoms with van der Waals surface area (Å²) in [4.78, 5) is 14.2. The third-order valence-corrected chi connectivity index (χ3v) is 6.61. The van der Waals surface area contributed by atoms with Crippen LogP contribution in [0, 0.1) is 0 Å². The van der Waals surface area contributed by atoms with Gasteiger partial charge in [-0.2, -0.15) is 4.31 Å². The zero-order valence-electron chi connectivity index (χ0n) is 14.0. The second-order valence-corrected chi connectivity index (χ2v) is 8.86. The number of carbonyl (C=O) groups is 1. The number of nitrogens with one attached hydrogen (secondary N) is 1. The fourth-order valence-electron chi connectivity index (χ4n) is 2.51. The molecule has 1 aromatic carbocycles. The van der Waals surface area contributed by atoms with Crippen LogP contribution in [0.3, 0.4) is 0 Å². The lowest BCUT2D eigenvalue weighted by Gasteiger charge is -2.33. The molecule has 0 aliphatic carbocycles. The Morgan fingerprint density at radius 2 is 1.79 bits per heavy atom. The van der Waals surface area contributed by atoms with Crippen molar-refractivity contribution in [3.8, 4) is 0 Å². The first-order valence-electron chi connectivity index (χ1n) is 8.10. The molecule has 6 nitrogen and oxygen atoms in total. The highest BCUT2D eigenvalue weighted by molar-refractivity contribution is 9.10. The highest BCUT2D eigenvalue weighted by Gasteiger charge is 2.29. The van der Waals surface area contributed by atoms with E-state index in [0.717, 1.165) is 10.9 Å². The van der Waals surface area contributed by atoms with Gasteiger partial charge in [-0.15, -0.1) is 0 Å². The van der Waals surface area contributed by atoms with E-state index < -0.39 is 10.0 Å². The Balaban J connectivity index is 1.90. The first-order chi connectivity index (χ1) is 11.3. The third-order valence-electron chi connectivity index (χ3n) is 4.17. The summed E-state index contributed by atoms with van der Waals surface area (Å²) in [5, 5.41) is 2.93. The van der Waals surface area contributed by atoms with Gasteiger partial charge in [0.25, 0.3) is 0 Å². The summed E-state index contributed by atoms with van der Waals surface area (Å²) in [6.45, 7) is 6.23. The van der Waals surface area contributed by atoms with Crippen molar-refractivity contribution in [2.45, 2.75) is 31.2 Å². The number of nitrogens with zero attached hydrogens (tertiary/aromatic N) is 2. The Bertz CT molecular complexity index is 656. The maximum absolute atomic E-state index is 12.6. The molecular formula is C16H24BrN3O3S. The predicted molar refractivity (Wildman–Crippen MR) is 97.2 cm³/mol. The van der Waals surface area contributed by atoms with Crippen LogP contribution < -0.4 is 5.32 Å². The van der Waals surface area contributed by atoms with Crippen LogP contribution in [-0.2, 0) is 14.8 Å². The van der Waals surface area contributed by atoms with Gasteiger partial charge in [0.15, 0.2) is 0 Å². The van der Waals surface area contributed by atoms with Crippen LogP contribution in [0.15, 0.2) is 33.6 Å². The van der Waals surface area contributed by atoms with E-state index in [1.165, 1.54) is 4.31 Å². The van der Waals surface area contributed by atoms with Crippen molar-refractivity contribution in [2.24, 2.45) is 0 Å². The summed E-state index contributed by atoms with van der Waals surface area (Å²) >= 11 is 3.31. The molecule has 134 valence electrons. The number of sulfonamides is 1. The standard InChI is InChI=1S/C16H24BrN3O3S/c1-3-13(2)18-16(21)12-19-8-10-20(11-9-19)24(22,23)15-6-4-14(17)5-7-15/h4-7,13H,3,8-12H2,1-2H3,(H,18,21)/t13-/m1/s1. The van der Waals surface area contributed by atoms with Crippen molar-refractivity contribution < 1.29 is 13.2 Å². The Kier molecular flexibility index (Phi) is 6.79. The summed E-state index contributed by atoms with van der Waals surface area (Å²) in [6.07, 6.45) is 0.894.